The Bertz CT molecular complexity index is 1740. The first kappa shape index (κ1) is 26.8. The van der Waals surface area contributed by atoms with E-state index < -0.39 is 18.0 Å². The molecule has 1 saturated carbocycles. The Morgan fingerprint density at radius 2 is 1.80 bits per heavy atom. The summed E-state index contributed by atoms with van der Waals surface area (Å²) in [4.78, 5) is 34.6. The largest absolute Gasteiger partial charge is 0.349 e. The molecule has 1 amide bonds. The van der Waals surface area contributed by atoms with Crippen molar-refractivity contribution in [3.05, 3.63) is 100 Å². The molecule has 5 aromatic rings. The summed E-state index contributed by atoms with van der Waals surface area (Å²) >= 11 is 5.90. The maximum atomic E-state index is 13.7. The van der Waals surface area contributed by atoms with Crippen LogP contribution >= 0.6 is 11.6 Å². The van der Waals surface area contributed by atoms with Gasteiger partial charge in [0.1, 0.15) is 5.69 Å². The number of amides is 1. The first-order valence-corrected chi connectivity index (χ1v) is 13.7. The van der Waals surface area contributed by atoms with Crippen LogP contribution in [0, 0.1) is 5.92 Å². The van der Waals surface area contributed by atoms with Gasteiger partial charge in [0.25, 0.3) is 12.3 Å². The van der Waals surface area contributed by atoms with Gasteiger partial charge in [0, 0.05) is 31.2 Å². The van der Waals surface area contributed by atoms with Crippen LogP contribution in [-0.4, -0.2) is 40.8 Å². The van der Waals surface area contributed by atoms with Crippen molar-refractivity contribution in [2.45, 2.75) is 44.7 Å². The number of pyridine rings is 2. The minimum absolute atomic E-state index is 0.123. The van der Waals surface area contributed by atoms with E-state index in [1.54, 1.807) is 32.4 Å². The highest BCUT2D eigenvalue weighted by Gasteiger charge is 2.27. The standard InChI is InChI=1S/C29H26ClF2N7O2/c30-19-14-22(26(27(31)32)34-15-19)28(40)36-20-8-6-18(7-9-20)17-37-23-4-1-2-5-24(23)39(29(37)41)21-10-11-25(33-16-21)38-13-3-12-35-38/h1-5,10-16,18,20,27H,6-9,17H2,(H,36,40). The first-order chi connectivity index (χ1) is 19.9. The topological polar surface area (TPSA) is 99.6 Å². The van der Waals surface area contributed by atoms with Crippen LogP contribution in [-0.2, 0) is 6.54 Å². The van der Waals surface area contributed by atoms with Crippen LogP contribution in [0.5, 0.6) is 0 Å². The Morgan fingerprint density at radius 1 is 1.02 bits per heavy atom. The van der Waals surface area contributed by atoms with Gasteiger partial charge in [-0.3, -0.25) is 18.9 Å². The second-order valence-corrected chi connectivity index (χ2v) is 10.6. The number of hydrogen-bond acceptors (Lipinski definition) is 5. The molecule has 0 spiro atoms. The van der Waals surface area contributed by atoms with Crippen LogP contribution in [0.4, 0.5) is 8.78 Å². The number of nitrogens with one attached hydrogen (secondary N) is 1. The van der Waals surface area contributed by atoms with Gasteiger partial charge in [-0.1, -0.05) is 23.7 Å². The second kappa shape index (κ2) is 11.2. The zero-order valence-corrected chi connectivity index (χ0v) is 22.6. The molecular formula is C29H26ClF2N7O2. The Hall–Kier alpha value is -4.38. The average molecular weight is 578 g/mol. The number of hydrogen-bond donors (Lipinski definition) is 1. The molecular weight excluding hydrogens is 552 g/mol. The summed E-state index contributed by atoms with van der Waals surface area (Å²) in [5.41, 5.74) is 1.34. The minimum Gasteiger partial charge on any atom is -0.349 e. The number of rotatable bonds is 7. The van der Waals surface area contributed by atoms with Crippen LogP contribution in [0.1, 0.15) is 48.2 Å². The van der Waals surface area contributed by atoms with Crippen LogP contribution in [0.15, 0.2) is 78.1 Å². The third kappa shape index (κ3) is 5.37. The lowest BCUT2D eigenvalue weighted by Gasteiger charge is -2.29. The number of aromatic nitrogens is 6. The Labute approximate surface area is 238 Å². The highest BCUT2D eigenvalue weighted by molar-refractivity contribution is 6.30. The van der Waals surface area contributed by atoms with Gasteiger partial charge >= 0.3 is 5.69 Å². The third-order valence-corrected chi connectivity index (χ3v) is 7.73. The van der Waals surface area contributed by atoms with Crippen LogP contribution in [0.2, 0.25) is 5.02 Å². The van der Waals surface area contributed by atoms with E-state index >= 15 is 0 Å². The molecule has 1 aromatic carbocycles. The number of carbonyl (C=O) groups excluding carboxylic acids is 1. The highest BCUT2D eigenvalue weighted by Crippen LogP contribution is 2.29. The molecule has 4 aromatic heterocycles. The summed E-state index contributed by atoms with van der Waals surface area (Å²) in [7, 11) is 0. The van der Waals surface area contributed by atoms with E-state index in [0.29, 0.717) is 30.9 Å². The zero-order chi connectivity index (χ0) is 28.5. The van der Waals surface area contributed by atoms with Gasteiger partial charge in [-0.05, 0) is 68.0 Å². The zero-order valence-electron chi connectivity index (χ0n) is 21.8. The first-order valence-electron chi connectivity index (χ1n) is 13.3. The molecule has 12 heteroatoms. The molecule has 1 fully saturated rings. The molecule has 0 bridgehead atoms. The molecule has 210 valence electrons. The Balaban J connectivity index is 1.17. The number of fused-ring (bicyclic) bond motifs is 1. The lowest BCUT2D eigenvalue weighted by Crippen LogP contribution is -2.39. The molecule has 0 saturated heterocycles. The minimum atomic E-state index is -2.88. The molecule has 4 heterocycles. The number of para-hydroxylation sites is 2. The molecule has 1 aliphatic carbocycles. The van der Waals surface area contributed by atoms with Gasteiger partial charge in [0.2, 0.25) is 0 Å². The van der Waals surface area contributed by atoms with E-state index in [1.807, 2.05) is 42.5 Å². The Morgan fingerprint density at radius 3 is 2.49 bits per heavy atom. The van der Waals surface area contributed by atoms with Crippen LogP contribution in [0.3, 0.4) is 0 Å². The smallest absolute Gasteiger partial charge is 0.333 e. The molecule has 1 aliphatic rings. The van der Waals surface area contributed by atoms with Gasteiger partial charge < -0.3 is 5.32 Å². The average Bonchev–Trinajstić information content (AvgIpc) is 3.61. The lowest BCUT2D eigenvalue weighted by molar-refractivity contribution is 0.0904. The molecule has 41 heavy (non-hydrogen) atoms. The number of nitrogens with zero attached hydrogens (tertiary/aromatic N) is 6. The number of benzene rings is 1. The molecule has 0 radical (unpaired) electrons. The van der Waals surface area contributed by atoms with E-state index in [1.165, 1.54) is 6.07 Å². The fraction of sp³-hybridized carbons (Fsp3) is 0.276. The highest BCUT2D eigenvalue weighted by atomic mass is 35.5. The number of halogens is 3. The van der Waals surface area contributed by atoms with Crippen molar-refractivity contribution in [2.75, 3.05) is 0 Å². The molecule has 6 rings (SSSR count). The second-order valence-electron chi connectivity index (χ2n) is 10.1. The summed E-state index contributed by atoms with van der Waals surface area (Å²) in [5.74, 6) is 0.256. The van der Waals surface area contributed by atoms with Crippen LogP contribution < -0.4 is 11.0 Å². The van der Waals surface area contributed by atoms with E-state index in [9.17, 15) is 18.4 Å². The predicted octanol–water partition coefficient (Wildman–Crippen LogP) is 5.35. The van der Waals surface area contributed by atoms with Crippen molar-refractivity contribution in [2.24, 2.45) is 5.92 Å². The van der Waals surface area contributed by atoms with Crippen molar-refractivity contribution < 1.29 is 13.6 Å². The summed E-state index contributed by atoms with van der Waals surface area (Å²) in [5, 5.41) is 7.19. The van der Waals surface area contributed by atoms with Gasteiger partial charge in [0.15, 0.2) is 5.82 Å². The molecule has 9 nitrogen and oxygen atoms in total. The molecule has 0 atom stereocenters. The summed E-state index contributed by atoms with van der Waals surface area (Å²) in [6, 6.07) is 14.2. The fourth-order valence-electron chi connectivity index (χ4n) is 5.50. The normalized spacial score (nSPS) is 17.3. The monoisotopic (exact) mass is 577 g/mol. The SMILES string of the molecule is O=C(NC1CCC(Cn2c(=O)n(-c3ccc(-n4cccn4)nc3)c3ccccc32)CC1)c1cc(Cl)cnc1C(F)F. The van der Waals surface area contributed by atoms with Crippen LogP contribution in [0.25, 0.3) is 22.5 Å². The summed E-state index contributed by atoms with van der Waals surface area (Å²) < 4.78 is 31.8. The summed E-state index contributed by atoms with van der Waals surface area (Å²) in [6.07, 6.45) is 6.24. The Kier molecular flexibility index (Phi) is 7.36. The molecule has 1 N–H and O–H groups in total. The van der Waals surface area contributed by atoms with Crippen molar-refractivity contribution in [3.63, 3.8) is 0 Å². The maximum absolute atomic E-state index is 13.7. The molecule has 0 unspecified atom stereocenters. The third-order valence-electron chi connectivity index (χ3n) is 7.52. The van der Waals surface area contributed by atoms with E-state index in [2.05, 4.69) is 20.4 Å². The number of imidazole rings is 1. The molecule has 0 aliphatic heterocycles. The van der Waals surface area contributed by atoms with Gasteiger partial charge in [0.05, 0.1) is 33.5 Å². The lowest BCUT2D eigenvalue weighted by atomic mass is 9.85. The van der Waals surface area contributed by atoms with E-state index in [-0.39, 0.29) is 28.2 Å². The maximum Gasteiger partial charge on any atom is 0.333 e. The van der Waals surface area contributed by atoms with Crippen molar-refractivity contribution >= 4 is 28.5 Å². The van der Waals surface area contributed by atoms with Gasteiger partial charge in [-0.25, -0.2) is 23.2 Å². The van der Waals surface area contributed by atoms with Gasteiger partial charge in [-0.15, -0.1) is 0 Å². The van der Waals surface area contributed by atoms with E-state index in [0.717, 1.165) is 30.1 Å². The number of alkyl halides is 2. The van der Waals surface area contributed by atoms with Crippen molar-refractivity contribution in [3.8, 4) is 11.5 Å². The van der Waals surface area contributed by atoms with E-state index in [4.69, 9.17) is 11.6 Å². The van der Waals surface area contributed by atoms with Crippen molar-refractivity contribution in [1.29, 1.82) is 0 Å². The quantitative estimate of drug-likeness (QED) is 0.281. The van der Waals surface area contributed by atoms with Crippen molar-refractivity contribution in [1.82, 2.24) is 34.2 Å². The summed E-state index contributed by atoms with van der Waals surface area (Å²) in [6.45, 7) is 0.527. The van der Waals surface area contributed by atoms with Gasteiger partial charge in [-0.2, -0.15) is 5.10 Å². The predicted molar refractivity (Wildman–Crippen MR) is 150 cm³/mol. The fourth-order valence-corrected chi connectivity index (χ4v) is 5.66. The number of carbonyl (C=O) groups is 1.